The fourth-order valence-electron chi connectivity index (χ4n) is 5.46. The number of nitrogens with one attached hydrogen (secondary N) is 1. The molecular weight excluding hydrogens is 504 g/mol. The van der Waals surface area contributed by atoms with Gasteiger partial charge in [0.05, 0.1) is 25.9 Å². The van der Waals surface area contributed by atoms with Crippen molar-refractivity contribution in [2.75, 3.05) is 44.8 Å². The maximum absolute atomic E-state index is 12.9. The summed E-state index contributed by atoms with van der Waals surface area (Å²) in [6.07, 6.45) is 6.22. The van der Waals surface area contributed by atoms with Gasteiger partial charge in [0.2, 0.25) is 0 Å². The Hall–Kier alpha value is -2.77. The molecule has 7 heteroatoms. The first-order valence-corrected chi connectivity index (χ1v) is 15.1. The van der Waals surface area contributed by atoms with Crippen LogP contribution in [0.25, 0.3) is 0 Å². The number of aryl methyl sites for hydroxylation is 1. The molecule has 1 aliphatic carbocycles. The molecule has 1 saturated carbocycles. The predicted octanol–water partition coefficient (Wildman–Crippen LogP) is 6.55. The number of amides is 1. The van der Waals surface area contributed by atoms with E-state index in [0.29, 0.717) is 26.3 Å². The minimum atomic E-state index is -0.528. The van der Waals surface area contributed by atoms with Crippen molar-refractivity contribution in [3.05, 3.63) is 59.2 Å². The zero-order valence-electron chi connectivity index (χ0n) is 24.5. The van der Waals surface area contributed by atoms with Crippen molar-refractivity contribution in [1.29, 1.82) is 0 Å². The van der Waals surface area contributed by atoms with Crippen molar-refractivity contribution in [3.63, 3.8) is 0 Å². The van der Waals surface area contributed by atoms with Crippen molar-refractivity contribution in [2.45, 2.75) is 83.5 Å². The second-order valence-electron chi connectivity index (χ2n) is 12.5. The van der Waals surface area contributed by atoms with Crippen molar-refractivity contribution in [2.24, 2.45) is 5.92 Å². The lowest BCUT2D eigenvalue weighted by molar-refractivity contribution is -0.0359. The number of hydrogen-bond donors (Lipinski definition) is 1. The van der Waals surface area contributed by atoms with Crippen LogP contribution < -0.4 is 10.1 Å². The number of carbonyl (C=O) groups is 1. The first-order valence-electron chi connectivity index (χ1n) is 15.1. The fourth-order valence-corrected chi connectivity index (χ4v) is 5.46. The number of nitrogens with zero attached hydrogens (tertiary/aromatic N) is 1. The molecular formula is C33H46N2O5. The normalized spacial score (nSPS) is 20.9. The van der Waals surface area contributed by atoms with E-state index in [1.54, 1.807) is 4.90 Å². The van der Waals surface area contributed by atoms with Crippen LogP contribution >= 0.6 is 0 Å². The summed E-state index contributed by atoms with van der Waals surface area (Å²) >= 11 is 0. The topological polar surface area (TPSA) is 69.3 Å². The van der Waals surface area contributed by atoms with E-state index in [9.17, 15) is 4.79 Å². The van der Waals surface area contributed by atoms with Crippen LogP contribution in [0, 0.1) is 5.92 Å². The summed E-state index contributed by atoms with van der Waals surface area (Å²) in [6.45, 7) is 10.7. The molecule has 2 aromatic carbocycles. The van der Waals surface area contributed by atoms with Gasteiger partial charge < -0.3 is 29.2 Å². The van der Waals surface area contributed by atoms with Gasteiger partial charge in [0.1, 0.15) is 11.4 Å². The summed E-state index contributed by atoms with van der Waals surface area (Å²) in [4.78, 5) is 14.7. The molecule has 2 atom stereocenters. The molecule has 7 nitrogen and oxygen atoms in total. The highest BCUT2D eigenvalue weighted by atomic mass is 16.6. The number of ether oxygens (including phenoxy) is 4. The number of anilines is 1. The Labute approximate surface area is 239 Å². The quantitative estimate of drug-likeness (QED) is 0.320. The molecule has 3 aliphatic rings. The Morgan fingerprint density at radius 1 is 1.05 bits per heavy atom. The van der Waals surface area contributed by atoms with Crippen LogP contribution in [0.2, 0.25) is 0 Å². The Balaban J connectivity index is 1.20. The number of piperidine rings is 1. The molecule has 2 fully saturated rings. The van der Waals surface area contributed by atoms with E-state index in [0.717, 1.165) is 56.3 Å². The molecule has 0 bridgehead atoms. The largest absolute Gasteiger partial charge is 0.494 e. The van der Waals surface area contributed by atoms with Crippen LogP contribution in [-0.2, 0) is 27.2 Å². The minimum absolute atomic E-state index is 0.138. The number of carbonyl (C=O) groups excluding carboxylic acids is 1. The maximum atomic E-state index is 12.9. The van der Waals surface area contributed by atoms with Crippen LogP contribution in [0.1, 0.15) is 75.5 Å². The lowest BCUT2D eigenvalue weighted by Crippen LogP contribution is -2.48. The molecule has 1 N–H and O–H groups in total. The SMILES string of the molecule is CC(C)(C)OC(=O)N1CCC(c2ccc(OCCCOCC3CC3)cc2)C(OCc2ccc3c(c2)NCCC3)C1. The van der Waals surface area contributed by atoms with Crippen LogP contribution in [0.5, 0.6) is 5.75 Å². The van der Waals surface area contributed by atoms with Crippen molar-refractivity contribution < 1.29 is 23.7 Å². The third kappa shape index (κ3) is 8.37. The number of fused-ring (bicyclic) bond motifs is 1. The monoisotopic (exact) mass is 550 g/mol. The van der Waals surface area contributed by atoms with Gasteiger partial charge in [-0.25, -0.2) is 4.79 Å². The second kappa shape index (κ2) is 13.3. The zero-order valence-corrected chi connectivity index (χ0v) is 24.5. The summed E-state index contributed by atoms with van der Waals surface area (Å²) in [7, 11) is 0. The van der Waals surface area contributed by atoms with E-state index >= 15 is 0 Å². The number of rotatable bonds is 11. The van der Waals surface area contributed by atoms with E-state index in [2.05, 4.69) is 35.6 Å². The second-order valence-corrected chi connectivity index (χ2v) is 12.5. The number of hydrogen-bond acceptors (Lipinski definition) is 6. The van der Waals surface area contributed by atoms with E-state index in [1.165, 1.54) is 36.1 Å². The van der Waals surface area contributed by atoms with Crippen LogP contribution in [0.4, 0.5) is 10.5 Å². The summed E-state index contributed by atoms with van der Waals surface area (Å²) in [5.74, 6) is 1.85. The van der Waals surface area contributed by atoms with E-state index in [-0.39, 0.29) is 18.1 Å². The lowest BCUT2D eigenvalue weighted by atomic mass is 9.87. The first-order chi connectivity index (χ1) is 19.3. The molecule has 2 aromatic rings. The van der Waals surface area contributed by atoms with Crippen LogP contribution in [0.15, 0.2) is 42.5 Å². The summed E-state index contributed by atoms with van der Waals surface area (Å²) in [6, 6.07) is 15.0. The summed E-state index contributed by atoms with van der Waals surface area (Å²) in [5.41, 5.74) is 4.41. The molecule has 2 unspecified atom stereocenters. The van der Waals surface area contributed by atoms with Gasteiger partial charge in [0.25, 0.3) is 0 Å². The highest BCUT2D eigenvalue weighted by Crippen LogP contribution is 2.33. The molecule has 5 rings (SSSR count). The Kier molecular flexibility index (Phi) is 9.53. The zero-order chi connectivity index (χ0) is 28.0. The van der Waals surface area contributed by atoms with Gasteiger partial charge >= 0.3 is 6.09 Å². The molecule has 1 saturated heterocycles. The molecule has 0 aromatic heterocycles. The average molecular weight is 551 g/mol. The Bertz CT molecular complexity index is 1110. The number of benzene rings is 2. The molecule has 0 spiro atoms. The highest BCUT2D eigenvalue weighted by Gasteiger charge is 2.35. The van der Waals surface area contributed by atoms with Gasteiger partial charge in [-0.15, -0.1) is 0 Å². The number of likely N-dealkylation sites (tertiary alicyclic amines) is 1. The third-order valence-corrected chi connectivity index (χ3v) is 7.85. The molecule has 2 aliphatic heterocycles. The lowest BCUT2D eigenvalue weighted by Gasteiger charge is -2.39. The molecule has 1 amide bonds. The standard InChI is InChI=1S/C33H46N2O5/c1-33(2,3)40-32(36)35-17-15-29(26-11-13-28(14-12-26)38-19-5-18-37-22-24-7-8-24)31(21-35)39-23-25-9-10-27-6-4-16-34-30(27)20-25/h9-14,20,24,29,31,34H,4-8,15-19,21-23H2,1-3H3. The fraction of sp³-hybridized carbons (Fsp3) is 0.606. The minimum Gasteiger partial charge on any atom is -0.494 e. The van der Waals surface area contributed by atoms with Gasteiger partial charge in [-0.1, -0.05) is 24.3 Å². The van der Waals surface area contributed by atoms with Crippen LogP contribution in [-0.4, -0.2) is 62.2 Å². The van der Waals surface area contributed by atoms with Gasteiger partial charge in [-0.2, -0.15) is 0 Å². The van der Waals surface area contributed by atoms with Gasteiger partial charge in [-0.05, 0) is 93.7 Å². The van der Waals surface area contributed by atoms with Crippen molar-refractivity contribution >= 4 is 11.8 Å². The summed E-state index contributed by atoms with van der Waals surface area (Å²) < 4.78 is 23.9. The molecule has 2 heterocycles. The highest BCUT2D eigenvalue weighted by molar-refractivity contribution is 5.68. The van der Waals surface area contributed by atoms with Gasteiger partial charge in [-0.3, -0.25) is 0 Å². The van der Waals surface area contributed by atoms with Gasteiger partial charge in [0, 0.05) is 44.3 Å². The van der Waals surface area contributed by atoms with E-state index in [1.807, 2.05) is 32.9 Å². The summed E-state index contributed by atoms with van der Waals surface area (Å²) in [5, 5.41) is 3.51. The third-order valence-electron chi connectivity index (χ3n) is 7.85. The van der Waals surface area contributed by atoms with Crippen LogP contribution in [0.3, 0.4) is 0 Å². The molecule has 218 valence electrons. The molecule has 0 radical (unpaired) electrons. The maximum Gasteiger partial charge on any atom is 0.410 e. The van der Waals surface area contributed by atoms with E-state index < -0.39 is 5.60 Å². The Morgan fingerprint density at radius 3 is 2.65 bits per heavy atom. The Morgan fingerprint density at radius 2 is 1.88 bits per heavy atom. The van der Waals surface area contributed by atoms with Gasteiger partial charge in [0.15, 0.2) is 0 Å². The van der Waals surface area contributed by atoms with Crippen molar-refractivity contribution in [3.8, 4) is 5.75 Å². The van der Waals surface area contributed by atoms with Crippen molar-refractivity contribution in [1.82, 2.24) is 4.90 Å². The predicted molar refractivity (Wildman–Crippen MR) is 157 cm³/mol. The smallest absolute Gasteiger partial charge is 0.410 e. The first kappa shape index (κ1) is 28.7. The average Bonchev–Trinajstić information content (AvgIpc) is 3.77. The van der Waals surface area contributed by atoms with E-state index in [4.69, 9.17) is 18.9 Å². The molecule has 40 heavy (non-hydrogen) atoms.